The lowest BCUT2D eigenvalue weighted by atomic mass is 10.2. The van der Waals surface area contributed by atoms with Crippen LogP contribution in [-0.4, -0.2) is 17.0 Å². The second kappa shape index (κ2) is 8.63. The van der Waals surface area contributed by atoms with Gasteiger partial charge in [0.25, 0.3) is 5.91 Å². The van der Waals surface area contributed by atoms with E-state index in [0.717, 1.165) is 5.56 Å². The minimum absolute atomic E-state index is 0.193. The molecule has 0 N–H and O–H groups in total. The fraction of sp³-hybridized carbons (Fsp3) is 0.136. The van der Waals surface area contributed by atoms with Gasteiger partial charge in [0.2, 0.25) is 0 Å². The molecule has 134 valence electrons. The number of nitrogens with zero attached hydrogens (tertiary/aromatic N) is 3. The highest BCUT2D eigenvalue weighted by Gasteiger charge is 2.24. The lowest BCUT2D eigenvalue weighted by Crippen LogP contribution is -2.40. The van der Waals surface area contributed by atoms with Crippen LogP contribution in [0.4, 0.5) is 5.82 Å². The zero-order valence-electron chi connectivity index (χ0n) is 14.9. The van der Waals surface area contributed by atoms with Crippen molar-refractivity contribution in [2.75, 3.05) is 4.90 Å². The van der Waals surface area contributed by atoms with E-state index in [0.29, 0.717) is 23.7 Å². The Kier molecular flexibility index (Phi) is 5.80. The van der Waals surface area contributed by atoms with Crippen molar-refractivity contribution in [2.24, 2.45) is 0 Å². The molecular formula is C22H19N3O2. The van der Waals surface area contributed by atoms with E-state index in [1.807, 2.05) is 42.5 Å². The molecule has 2 aromatic carbocycles. The molecule has 1 amide bonds. The summed E-state index contributed by atoms with van der Waals surface area (Å²) in [6.07, 6.45) is 0.955. The number of benzene rings is 2. The molecule has 0 spiro atoms. The number of hydrogen-bond donors (Lipinski definition) is 0. The molecule has 1 atom stereocenters. The molecule has 1 aromatic heterocycles. The fourth-order valence-corrected chi connectivity index (χ4v) is 2.63. The molecule has 1 unspecified atom stereocenters. The highest BCUT2D eigenvalue weighted by atomic mass is 16.5. The van der Waals surface area contributed by atoms with Crippen LogP contribution >= 0.6 is 0 Å². The molecule has 0 saturated carbocycles. The van der Waals surface area contributed by atoms with Gasteiger partial charge in [0.15, 0.2) is 6.10 Å². The molecule has 27 heavy (non-hydrogen) atoms. The van der Waals surface area contributed by atoms with Crippen molar-refractivity contribution in [3.8, 4) is 11.8 Å². The van der Waals surface area contributed by atoms with Crippen LogP contribution in [0.2, 0.25) is 0 Å². The Morgan fingerprint density at radius 3 is 2.41 bits per heavy atom. The number of pyridine rings is 1. The highest BCUT2D eigenvalue weighted by Crippen LogP contribution is 2.19. The Balaban J connectivity index is 1.80. The molecule has 0 aliphatic heterocycles. The van der Waals surface area contributed by atoms with Gasteiger partial charge in [0.05, 0.1) is 18.2 Å². The number of aromatic nitrogens is 1. The van der Waals surface area contributed by atoms with E-state index < -0.39 is 6.10 Å². The average molecular weight is 357 g/mol. The summed E-state index contributed by atoms with van der Waals surface area (Å²) in [6, 6.07) is 24.0. The van der Waals surface area contributed by atoms with Crippen LogP contribution in [0.25, 0.3) is 0 Å². The predicted molar refractivity (Wildman–Crippen MR) is 103 cm³/mol. The largest absolute Gasteiger partial charge is 0.481 e. The number of hydrogen-bond acceptors (Lipinski definition) is 4. The summed E-state index contributed by atoms with van der Waals surface area (Å²) in [5.74, 6) is 0.916. The minimum atomic E-state index is -0.705. The SMILES string of the molecule is CC(Oc1ccc(C#N)cc1)C(=O)N(Cc1ccccc1)c1ccccn1. The molecule has 1 heterocycles. The van der Waals surface area contributed by atoms with Gasteiger partial charge in [0.1, 0.15) is 11.6 Å². The van der Waals surface area contributed by atoms with Crippen LogP contribution in [0.3, 0.4) is 0 Å². The number of anilines is 1. The van der Waals surface area contributed by atoms with Crippen LogP contribution in [0.15, 0.2) is 79.0 Å². The predicted octanol–water partition coefficient (Wildman–Crippen LogP) is 3.95. The lowest BCUT2D eigenvalue weighted by Gasteiger charge is -2.25. The van der Waals surface area contributed by atoms with Crippen molar-refractivity contribution in [2.45, 2.75) is 19.6 Å². The molecule has 3 rings (SSSR count). The van der Waals surface area contributed by atoms with E-state index in [9.17, 15) is 4.79 Å². The summed E-state index contributed by atoms with van der Waals surface area (Å²) in [5, 5.41) is 8.88. The van der Waals surface area contributed by atoms with Gasteiger partial charge in [-0.2, -0.15) is 5.26 Å². The van der Waals surface area contributed by atoms with Crippen molar-refractivity contribution in [3.63, 3.8) is 0 Å². The van der Waals surface area contributed by atoms with E-state index in [-0.39, 0.29) is 5.91 Å². The monoisotopic (exact) mass is 357 g/mol. The molecule has 0 saturated heterocycles. The Bertz CT molecular complexity index is 919. The Hall–Kier alpha value is -3.65. The minimum Gasteiger partial charge on any atom is -0.481 e. The quantitative estimate of drug-likeness (QED) is 0.670. The van der Waals surface area contributed by atoms with Gasteiger partial charge in [-0.25, -0.2) is 4.98 Å². The smallest absolute Gasteiger partial charge is 0.269 e. The second-order valence-corrected chi connectivity index (χ2v) is 5.99. The van der Waals surface area contributed by atoms with Crippen molar-refractivity contribution < 1.29 is 9.53 Å². The Morgan fingerprint density at radius 2 is 1.78 bits per heavy atom. The van der Waals surface area contributed by atoms with E-state index >= 15 is 0 Å². The molecule has 0 bridgehead atoms. The Morgan fingerprint density at radius 1 is 1.07 bits per heavy atom. The summed E-state index contributed by atoms with van der Waals surface area (Å²) in [4.78, 5) is 19.0. The molecule has 5 heteroatoms. The first-order valence-electron chi connectivity index (χ1n) is 8.60. The van der Waals surface area contributed by atoms with Gasteiger partial charge < -0.3 is 4.74 Å². The second-order valence-electron chi connectivity index (χ2n) is 5.99. The molecule has 0 fully saturated rings. The zero-order chi connectivity index (χ0) is 19.1. The number of amides is 1. The van der Waals surface area contributed by atoms with Crippen LogP contribution in [0.5, 0.6) is 5.75 Å². The number of carbonyl (C=O) groups is 1. The first-order chi connectivity index (χ1) is 13.2. The van der Waals surface area contributed by atoms with Crippen LogP contribution in [-0.2, 0) is 11.3 Å². The third-order valence-electron chi connectivity index (χ3n) is 4.02. The van der Waals surface area contributed by atoms with Gasteiger partial charge in [-0.05, 0) is 48.9 Å². The van der Waals surface area contributed by atoms with Gasteiger partial charge >= 0.3 is 0 Å². The molecule has 0 aliphatic rings. The lowest BCUT2D eigenvalue weighted by molar-refractivity contribution is -0.124. The van der Waals surface area contributed by atoms with E-state index in [1.165, 1.54) is 0 Å². The number of carbonyl (C=O) groups excluding carboxylic acids is 1. The van der Waals surface area contributed by atoms with Crippen molar-refractivity contribution in [1.82, 2.24) is 4.98 Å². The summed E-state index contributed by atoms with van der Waals surface area (Å²) < 4.78 is 5.79. The summed E-state index contributed by atoms with van der Waals surface area (Å²) in [6.45, 7) is 2.11. The zero-order valence-corrected chi connectivity index (χ0v) is 14.9. The van der Waals surface area contributed by atoms with Gasteiger partial charge in [-0.1, -0.05) is 36.4 Å². The summed E-state index contributed by atoms with van der Waals surface area (Å²) >= 11 is 0. The van der Waals surface area contributed by atoms with Crippen molar-refractivity contribution >= 4 is 11.7 Å². The normalized spacial score (nSPS) is 11.3. The average Bonchev–Trinajstić information content (AvgIpc) is 2.73. The van der Waals surface area contributed by atoms with E-state index in [1.54, 1.807) is 48.4 Å². The summed E-state index contributed by atoms with van der Waals surface area (Å²) in [5.41, 5.74) is 1.54. The molecule has 0 radical (unpaired) electrons. The number of rotatable bonds is 6. The maximum absolute atomic E-state index is 13.1. The van der Waals surface area contributed by atoms with E-state index in [4.69, 9.17) is 10.00 Å². The Labute approximate surface area is 158 Å². The first kappa shape index (κ1) is 18.2. The van der Waals surface area contributed by atoms with E-state index in [2.05, 4.69) is 11.1 Å². The van der Waals surface area contributed by atoms with Crippen molar-refractivity contribution in [3.05, 3.63) is 90.1 Å². The molecule has 5 nitrogen and oxygen atoms in total. The number of ether oxygens (including phenoxy) is 1. The van der Waals surface area contributed by atoms with Crippen LogP contribution in [0, 0.1) is 11.3 Å². The standard InChI is InChI=1S/C22H19N3O2/c1-17(27-20-12-10-18(15-23)11-13-20)22(26)25(21-9-5-6-14-24-21)16-19-7-3-2-4-8-19/h2-14,17H,16H2,1H3. The fourth-order valence-electron chi connectivity index (χ4n) is 2.63. The molecule has 3 aromatic rings. The molecule has 0 aliphatic carbocycles. The third kappa shape index (κ3) is 4.71. The topological polar surface area (TPSA) is 66.2 Å². The van der Waals surface area contributed by atoms with Gasteiger partial charge in [-0.3, -0.25) is 9.69 Å². The van der Waals surface area contributed by atoms with Crippen LogP contribution in [0.1, 0.15) is 18.1 Å². The number of nitriles is 1. The van der Waals surface area contributed by atoms with Gasteiger partial charge in [-0.15, -0.1) is 0 Å². The highest BCUT2D eigenvalue weighted by molar-refractivity contribution is 5.95. The van der Waals surface area contributed by atoms with Crippen molar-refractivity contribution in [1.29, 1.82) is 5.26 Å². The molecular weight excluding hydrogens is 338 g/mol. The maximum Gasteiger partial charge on any atom is 0.269 e. The van der Waals surface area contributed by atoms with Crippen LogP contribution < -0.4 is 9.64 Å². The van der Waals surface area contributed by atoms with Gasteiger partial charge in [0, 0.05) is 6.20 Å². The summed E-state index contributed by atoms with van der Waals surface area (Å²) in [7, 11) is 0. The maximum atomic E-state index is 13.1. The first-order valence-corrected chi connectivity index (χ1v) is 8.60. The third-order valence-corrected chi connectivity index (χ3v) is 4.02.